The van der Waals surface area contributed by atoms with Crippen molar-refractivity contribution in [2.24, 2.45) is 0 Å². The molecule has 2 aliphatic heterocycles. The van der Waals surface area contributed by atoms with Gasteiger partial charge in [-0.25, -0.2) is 4.79 Å². The second-order valence-corrected chi connectivity index (χ2v) is 7.08. The first-order chi connectivity index (χ1) is 14.5. The molecule has 8 heteroatoms. The number of hydrogen-bond acceptors (Lipinski definition) is 5. The van der Waals surface area contributed by atoms with Gasteiger partial charge in [0.05, 0.1) is 13.7 Å². The summed E-state index contributed by atoms with van der Waals surface area (Å²) in [4.78, 5) is 39.3. The summed E-state index contributed by atoms with van der Waals surface area (Å²) in [6, 6.07) is 7.99. The number of rotatable bonds is 6. The molecular weight excluding hydrogens is 386 g/mol. The van der Waals surface area contributed by atoms with E-state index in [0.29, 0.717) is 23.6 Å². The van der Waals surface area contributed by atoms with E-state index >= 15 is 0 Å². The van der Waals surface area contributed by atoms with Crippen LogP contribution >= 0.6 is 0 Å². The van der Waals surface area contributed by atoms with Gasteiger partial charge in [-0.1, -0.05) is 24.3 Å². The smallest absolute Gasteiger partial charge is 0.322 e. The van der Waals surface area contributed by atoms with Gasteiger partial charge in [0.15, 0.2) is 5.54 Å². The van der Waals surface area contributed by atoms with Crippen LogP contribution in [0.3, 0.4) is 0 Å². The topological polar surface area (TPSA) is 101 Å². The van der Waals surface area contributed by atoms with Gasteiger partial charge >= 0.3 is 6.03 Å². The van der Waals surface area contributed by atoms with Crippen molar-refractivity contribution in [1.29, 1.82) is 0 Å². The molecule has 0 radical (unpaired) electrons. The lowest BCUT2D eigenvalue weighted by Crippen LogP contribution is -2.52. The molecule has 0 saturated carbocycles. The third-order valence-electron chi connectivity index (χ3n) is 5.18. The van der Waals surface area contributed by atoms with Gasteiger partial charge in [-0.05, 0) is 42.8 Å². The Bertz CT molecular complexity index is 1080. The van der Waals surface area contributed by atoms with Gasteiger partial charge < -0.3 is 19.4 Å². The van der Waals surface area contributed by atoms with Crippen molar-refractivity contribution in [2.45, 2.75) is 19.0 Å². The number of urea groups is 1. The molecule has 154 valence electrons. The van der Waals surface area contributed by atoms with Crippen LogP contribution in [0.4, 0.5) is 4.79 Å². The molecule has 4 amide bonds. The Morgan fingerprint density at radius 3 is 2.73 bits per heavy atom. The first-order valence-corrected chi connectivity index (χ1v) is 9.46. The Morgan fingerprint density at radius 2 is 2.03 bits per heavy atom. The van der Waals surface area contributed by atoms with Crippen molar-refractivity contribution >= 4 is 23.9 Å². The van der Waals surface area contributed by atoms with Crippen molar-refractivity contribution in [2.75, 3.05) is 13.7 Å². The van der Waals surface area contributed by atoms with E-state index < -0.39 is 17.5 Å². The minimum atomic E-state index is -1.51. The molecule has 1 aromatic carbocycles. The number of allylic oxidation sites excluding steroid dienone is 3. The molecule has 1 atom stereocenters. The number of carbonyl (C=O) groups is 3. The fourth-order valence-electron chi connectivity index (χ4n) is 3.67. The van der Waals surface area contributed by atoms with Crippen LogP contribution in [-0.4, -0.2) is 36.4 Å². The lowest BCUT2D eigenvalue weighted by molar-refractivity contribution is -0.125. The van der Waals surface area contributed by atoms with Crippen LogP contribution in [0.25, 0.3) is 6.08 Å². The Labute approximate surface area is 173 Å². The number of furan rings is 1. The predicted molar refractivity (Wildman–Crippen MR) is 109 cm³/mol. The molecule has 0 bridgehead atoms. The summed E-state index contributed by atoms with van der Waals surface area (Å²) in [5.41, 5.74) is -0.162. The third kappa shape index (κ3) is 3.26. The number of ether oxygens (including phenoxy) is 1. The van der Waals surface area contributed by atoms with Crippen molar-refractivity contribution in [3.05, 3.63) is 71.2 Å². The number of fused-ring (bicyclic) bond motifs is 1. The van der Waals surface area contributed by atoms with Crippen molar-refractivity contribution in [3.8, 4) is 5.75 Å². The maximum absolute atomic E-state index is 13.0. The number of methoxy groups -OCH3 is 1. The summed E-state index contributed by atoms with van der Waals surface area (Å²) in [6.45, 7) is 2.15. The van der Waals surface area contributed by atoms with Gasteiger partial charge in [0, 0.05) is 12.1 Å². The molecule has 0 aliphatic carbocycles. The summed E-state index contributed by atoms with van der Waals surface area (Å²) in [7, 11) is 1.53. The molecule has 2 aromatic rings. The first-order valence-electron chi connectivity index (χ1n) is 9.46. The highest BCUT2D eigenvalue weighted by Gasteiger charge is 2.52. The average molecular weight is 407 g/mol. The van der Waals surface area contributed by atoms with Crippen LogP contribution in [0.2, 0.25) is 0 Å². The molecule has 0 spiro atoms. The number of nitrogens with one attached hydrogen (secondary N) is 2. The van der Waals surface area contributed by atoms with E-state index in [1.807, 2.05) is 25.1 Å². The van der Waals surface area contributed by atoms with E-state index in [1.165, 1.54) is 12.0 Å². The number of benzene rings is 1. The summed E-state index contributed by atoms with van der Waals surface area (Å²) >= 11 is 0. The van der Waals surface area contributed by atoms with Gasteiger partial charge in [0.1, 0.15) is 17.3 Å². The number of hydrogen-bond donors (Lipinski definition) is 2. The highest BCUT2D eigenvalue weighted by molar-refractivity contribution is 6.08. The largest absolute Gasteiger partial charge is 0.497 e. The van der Waals surface area contributed by atoms with Crippen LogP contribution < -0.4 is 15.4 Å². The Balaban J connectivity index is 1.65. The quantitative estimate of drug-likeness (QED) is 0.566. The zero-order chi connectivity index (χ0) is 21.3. The first kappa shape index (κ1) is 19.5. The van der Waals surface area contributed by atoms with E-state index in [-0.39, 0.29) is 18.2 Å². The van der Waals surface area contributed by atoms with Crippen molar-refractivity contribution in [1.82, 2.24) is 15.5 Å². The minimum Gasteiger partial charge on any atom is -0.497 e. The zero-order valence-corrected chi connectivity index (χ0v) is 16.6. The van der Waals surface area contributed by atoms with Gasteiger partial charge in [0.2, 0.25) is 0 Å². The van der Waals surface area contributed by atoms with Gasteiger partial charge in [-0.15, -0.1) is 0 Å². The normalized spacial score (nSPS) is 20.9. The molecule has 4 rings (SSSR count). The highest BCUT2D eigenvalue weighted by atomic mass is 16.5. The fourth-order valence-corrected chi connectivity index (χ4v) is 3.67. The van der Waals surface area contributed by atoms with E-state index in [1.54, 1.807) is 36.4 Å². The molecule has 2 N–H and O–H groups in total. The van der Waals surface area contributed by atoms with Gasteiger partial charge in [-0.2, -0.15) is 0 Å². The van der Waals surface area contributed by atoms with Crippen molar-refractivity contribution < 1.29 is 23.5 Å². The molecule has 3 heterocycles. The standard InChI is InChI=1S/C22H21N3O5/c1-3-4-5-6-15-9-10-18(30-15)22(20(27)23-21(28)24-22)13-25-12-14-7-8-16(29-2)11-17(14)19(25)26/h3-11H,12-13H2,1-2H3,(H2,23,24,27,28)/b4-3-,6-5-/t22-/m0/s1. The minimum absolute atomic E-state index is 0.0636. The van der Waals surface area contributed by atoms with Crippen LogP contribution in [0.5, 0.6) is 5.75 Å². The van der Waals surface area contributed by atoms with Crippen LogP contribution in [0.15, 0.2) is 53.0 Å². The highest BCUT2D eigenvalue weighted by Crippen LogP contribution is 2.33. The fraction of sp³-hybridized carbons (Fsp3) is 0.227. The Hall–Kier alpha value is -3.81. The molecule has 1 saturated heterocycles. The van der Waals surface area contributed by atoms with Gasteiger partial charge in [0.25, 0.3) is 11.8 Å². The van der Waals surface area contributed by atoms with Gasteiger partial charge in [-0.3, -0.25) is 14.9 Å². The SMILES string of the molecule is C/C=C\C=C/c1ccc([C@]2(CN3Cc4ccc(OC)cc4C3=O)NC(=O)NC2=O)o1. The van der Waals surface area contributed by atoms with E-state index in [0.717, 1.165) is 5.56 Å². The number of amides is 4. The van der Waals surface area contributed by atoms with E-state index in [9.17, 15) is 14.4 Å². The Morgan fingerprint density at radius 1 is 1.20 bits per heavy atom. The average Bonchev–Trinajstić information content (AvgIpc) is 3.40. The van der Waals surface area contributed by atoms with Crippen molar-refractivity contribution in [3.63, 3.8) is 0 Å². The van der Waals surface area contributed by atoms with E-state index in [4.69, 9.17) is 9.15 Å². The van der Waals surface area contributed by atoms with Crippen LogP contribution in [0.1, 0.15) is 34.4 Å². The second-order valence-electron chi connectivity index (χ2n) is 7.08. The molecule has 8 nitrogen and oxygen atoms in total. The molecular formula is C22H21N3O5. The number of carbonyl (C=O) groups excluding carboxylic acids is 3. The van der Waals surface area contributed by atoms with Crippen LogP contribution in [-0.2, 0) is 16.9 Å². The molecule has 1 aromatic heterocycles. The molecule has 30 heavy (non-hydrogen) atoms. The number of imide groups is 1. The van der Waals surface area contributed by atoms with Crippen LogP contribution in [0, 0.1) is 0 Å². The third-order valence-corrected chi connectivity index (χ3v) is 5.18. The molecule has 2 aliphatic rings. The predicted octanol–water partition coefficient (Wildman–Crippen LogP) is 2.57. The maximum Gasteiger partial charge on any atom is 0.322 e. The Kier molecular flexibility index (Phi) is 4.91. The summed E-state index contributed by atoms with van der Waals surface area (Å²) < 4.78 is 11.0. The summed E-state index contributed by atoms with van der Waals surface area (Å²) in [5.74, 6) is 0.558. The lowest BCUT2D eigenvalue weighted by Gasteiger charge is -2.29. The molecule has 0 unspecified atom stereocenters. The monoisotopic (exact) mass is 407 g/mol. The summed E-state index contributed by atoms with van der Waals surface area (Å²) in [5, 5.41) is 4.92. The molecule has 1 fully saturated rings. The zero-order valence-electron chi connectivity index (χ0n) is 16.6. The second kappa shape index (κ2) is 7.55. The maximum atomic E-state index is 13.0. The van der Waals surface area contributed by atoms with E-state index in [2.05, 4.69) is 10.6 Å². The lowest BCUT2D eigenvalue weighted by atomic mass is 9.95. The summed E-state index contributed by atoms with van der Waals surface area (Å²) in [6.07, 6.45) is 7.26. The number of nitrogens with zero attached hydrogens (tertiary/aromatic N) is 1.